The minimum atomic E-state index is -4.32. The van der Waals surface area contributed by atoms with Crippen molar-refractivity contribution in [2.24, 2.45) is 0 Å². The van der Waals surface area contributed by atoms with Gasteiger partial charge in [0.1, 0.15) is 0 Å². The molecule has 2 rings (SSSR count). The first-order chi connectivity index (χ1) is 9.90. The van der Waals surface area contributed by atoms with E-state index < -0.39 is 11.7 Å². The smallest absolute Gasteiger partial charge is 0.378 e. The Morgan fingerprint density at radius 3 is 2.33 bits per heavy atom. The maximum absolute atomic E-state index is 12.5. The molecule has 0 radical (unpaired) electrons. The van der Waals surface area contributed by atoms with Crippen molar-refractivity contribution >= 4 is 5.69 Å². The number of nitriles is 1. The summed E-state index contributed by atoms with van der Waals surface area (Å²) in [5, 5.41) is 12.0. The number of nitrogens with one attached hydrogen (secondary N) is 1. The molecular weight excluding hydrogens is 277 g/mol. The Balaban J connectivity index is 2.13. The first-order valence-electron chi connectivity index (χ1n) is 6.34. The molecule has 0 spiro atoms. The fourth-order valence-electron chi connectivity index (χ4n) is 1.97. The van der Waals surface area contributed by atoms with E-state index in [4.69, 9.17) is 5.26 Å². The fraction of sp³-hybridized carbons (Fsp3) is 0.188. The average molecular weight is 290 g/mol. The molecule has 5 heteroatoms. The molecule has 0 saturated carbocycles. The lowest BCUT2D eigenvalue weighted by Gasteiger charge is -2.16. The molecule has 0 aromatic heterocycles. The lowest BCUT2D eigenvalue weighted by atomic mass is 10.1. The topological polar surface area (TPSA) is 35.8 Å². The van der Waals surface area contributed by atoms with Crippen LogP contribution in [0.25, 0.3) is 0 Å². The zero-order chi connectivity index (χ0) is 15.5. The summed E-state index contributed by atoms with van der Waals surface area (Å²) in [4.78, 5) is 0. The summed E-state index contributed by atoms with van der Waals surface area (Å²) >= 11 is 0. The molecule has 0 aliphatic heterocycles. The van der Waals surface area contributed by atoms with Gasteiger partial charge in [0.2, 0.25) is 0 Å². The van der Waals surface area contributed by atoms with Gasteiger partial charge in [0.05, 0.1) is 17.2 Å². The minimum absolute atomic E-state index is 0.166. The SMILES string of the molecule is CC(Nc1cccc(C#N)c1)c1ccc(C(F)(F)F)cc1. The maximum Gasteiger partial charge on any atom is 0.416 e. The molecular formula is C16H13F3N2. The van der Waals surface area contributed by atoms with Gasteiger partial charge >= 0.3 is 6.18 Å². The monoisotopic (exact) mass is 290 g/mol. The van der Waals surface area contributed by atoms with E-state index in [-0.39, 0.29) is 6.04 Å². The number of hydrogen-bond donors (Lipinski definition) is 1. The summed E-state index contributed by atoms with van der Waals surface area (Å²) in [7, 11) is 0. The molecule has 2 aromatic rings. The Morgan fingerprint density at radius 2 is 1.76 bits per heavy atom. The van der Waals surface area contributed by atoms with Gasteiger partial charge in [-0.3, -0.25) is 0 Å². The summed E-state index contributed by atoms with van der Waals surface area (Å²) in [6.07, 6.45) is -4.32. The molecule has 0 saturated heterocycles. The van der Waals surface area contributed by atoms with Crippen LogP contribution in [-0.4, -0.2) is 0 Å². The zero-order valence-electron chi connectivity index (χ0n) is 11.3. The standard InChI is InChI=1S/C16H13F3N2/c1-11(21-15-4-2-3-12(9-15)10-20)13-5-7-14(8-6-13)16(17,18)19/h2-9,11,21H,1H3. The molecule has 1 N–H and O–H groups in total. The van der Waals surface area contributed by atoms with E-state index in [0.29, 0.717) is 5.56 Å². The van der Waals surface area contributed by atoms with Gasteiger partial charge in [0, 0.05) is 11.7 Å². The number of hydrogen-bond acceptors (Lipinski definition) is 2. The minimum Gasteiger partial charge on any atom is -0.378 e. The third-order valence-corrected chi connectivity index (χ3v) is 3.11. The summed E-state index contributed by atoms with van der Waals surface area (Å²) in [6.45, 7) is 1.85. The highest BCUT2D eigenvalue weighted by atomic mass is 19.4. The number of anilines is 1. The second-order valence-corrected chi connectivity index (χ2v) is 4.68. The van der Waals surface area contributed by atoms with Gasteiger partial charge < -0.3 is 5.32 Å². The van der Waals surface area contributed by atoms with Crippen LogP contribution in [0.3, 0.4) is 0 Å². The normalized spacial score (nSPS) is 12.5. The van der Waals surface area contributed by atoms with E-state index in [0.717, 1.165) is 23.4 Å². The fourth-order valence-corrected chi connectivity index (χ4v) is 1.97. The maximum atomic E-state index is 12.5. The van der Waals surface area contributed by atoms with Crippen molar-refractivity contribution in [2.75, 3.05) is 5.32 Å². The van der Waals surface area contributed by atoms with Crippen molar-refractivity contribution in [3.63, 3.8) is 0 Å². The van der Waals surface area contributed by atoms with Crippen LogP contribution in [0.2, 0.25) is 0 Å². The van der Waals surface area contributed by atoms with Gasteiger partial charge in [0.25, 0.3) is 0 Å². The molecule has 0 aliphatic carbocycles. The van der Waals surface area contributed by atoms with Crippen LogP contribution >= 0.6 is 0 Å². The summed E-state index contributed by atoms with van der Waals surface area (Å²) in [5.74, 6) is 0. The van der Waals surface area contributed by atoms with Gasteiger partial charge in [-0.25, -0.2) is 0 Å². The molecule has 0 bridgehead atoms. The molecule has 2 nitrogen and oxygen atoms in total. The quantitative estimate of drug-likeness (QED) is 0.885. The molecule has 0 amide bonds. The van der Waals surface area contributed by atoms with Crippen LogP contribution in [0.5, 0.6) is 0 Å². The van der Waals surface area contributed by atoms with Gasteiger partial charge in [-0.2, -0.15) is 18.4 Å². The zero-order valence-corrected chi connectivity index (χ0v) is 11.3. The van der Waals surface area contributed by atoms with Crippen LogP contribution < -0.4 is 5.32 Å². The lowest BCUT2D eigenvalue weighted by molar-refractivity contribution is -0.137. The Kier molecular flexibility index (Phi) is 4.18. The molecule has 0 heterocycles. The van der Waals surface area contributed by atoms with Crippen molar-refractivity contribution in [3.8, 4) is 6.07 Å². The summed E-state index contributed by atoms with van der Waals surface area (Å²) < 4.78 is 37.5. The number of alkyl halides is 3. The Morgan fingerprint density at radius 1 is 1.10 bits per heavy atom. The molecule has 1 atom stereocenters. The molecule has 108 valence electrons. The van der Waals surface area contributed by atoms with Gasteiger partial charge in [-0.05, 0) is 42.8 Å². The number of rotatable bonds is 3. The Hall–Kier alpha value is -2.48. The van der Waals surface area contributed by atoms with Crippen molar-refractivity contribution in [2.45, 2.75) is 19.1 Å². The van der Waals surface area contributed by atoms with Crippen molar-refractivity contribution in [1.82, 2.24) is 0 Å². The van der Waals surface area contributed by atoms with Crippen LogP contribution in [0.1, 0.15) is 29.7 Å². The van der Waals surface area contributed by atoms with E-state index in [1.807, 2.05) is 13.0 Å². The van der Waals surface area contributed by atoms with Gasteiger partial charge in [-0.1, -0.05) is 18.2 Å². The lowest BCUT2D eigenvalue weighted by Crippen LogP contribution is -2.08. The Bertz CT molecular complexity index is 654. The van der Waals surface area contributed by atoms with Crippen molar-refractivity contribution in [3.05, 3.63) is 65.2 Å². The predicted octanol–water partition coefficient (Wildman–Crippen LogP) is 4.75. The highest BCUT2D eigenvalue weighted by Crippen LogP contribution is 2.30. The predicted molar refractivity (Wildman–Crippen MR) is 74.6 cm³/mol. The number of benzene rings is 2. The third-order valence-electron chi connectivity index (χ3n) is 3.11. The molecule has 21 heavy (non-hydrogen) atoms. The summed E-state index contributed by atoms with van der Waals surface area (Å²) in [6, 6.07) is 13.9. The molecule has 0 aliphatic rings. The highest BCUT2D eigenvalue weighted by Gasteiger charge is 2.30. The van der Waals surface area contributed by atoms with Crippen LogP contribution in [0.4, 0.5) is 18.9 Å². The average Bonchev–Trinajstić information content (AvgIpc) is 2.46. The van der Waals surface area contributed by atoms with Crippen LogP contribution in [-0.2, 0) is 6.18 Å². The second-order valence-electron chi connectivity index (χ2n) is 4.68. The van der Waals surface area contributed by atoms with Crippen LogP contribution in [0, 0.1) is 11.3 Å². The summed E-state index contributed by atoms with van der Waals surface area (Å²) in [5.41, 5.74) is 1.36. The third kappa shape index (κ3) is 3.76. The van der Waals surface area contributed by atoms with E-state index in [1.165, 1.54) is 12.1 Å². The number of halogens is 3. The van der Waals surface area contributed by atoms with Gasteiger partial charge in [0.15, 0.2) is 0 Å². The molecule has 2 aromatic carbocycles. The van der Waals surface area contributed by atoms with E-state index in [9.17, 15) is 13.2 Å². The van der Waals surface area contributed by atoms with Crippen LogP contribution in [0.15, 0.2) is 48.5 Å². The Labute approximate surface area is 120 Å². The molecule has 1 unspecified atom stereocenters. The number of nitrogens with zero attached hydrogens (tertiary/aromatic N) is 1. The van der Waals surface area contributed by atoms with E-state index >= 15 is 0 Å². The van der Waals surface area contributed by atoms with E-state index in [2.05, 4.69) is 5.32 Å². The van der Waals surface area contributed by atoms with Crippen molar-refractivity contribution in [1.29, 1.82) is 5.26 Å². The molecule has 0 fully saturated rings. The van der Waals surface area contributed by atoms with E-state index in [1.54, 1.807) is 24.3 Å². The first kappa shape index (κ1) is 14.9. The van der Waals surface area contributed by atoms with Crippen molar-refractivity contribution < 1.29 is 13.2 Å². The first-order valence-corrected chi connectivity index (χ1v) is 6.34. The second kappa shape index (κ2) is 5.88. The highest BCUT2D eigenvalue weighted by molar-refractivity contribution is 5.50. The van der Waals surface area contributed by atoms with Gasteiger partial charge in [-0.15, -0.1) is 0 Å². The largest absolute Gasteiger partial charge is 0.416 e.